The number of nitrogens with zero attached hydrogens (tertiary/aromatic N) is 7. The molecule has 3 heterocycles. The van der Waals surface area contributed by atoms with Crippen LogP contribution in [0.3, 0.4) is 0 Å². The standard InChI is InChI=1S/C22H29N9O/c1-5-30-19(10-14(2)28-30)22-25-21(26-27-22)16-11-15(20(23)32)12-18-17(16)13-24-31(18)9-7-6-8-29(3)4/h10-13H,5-9H2,1-4H3,(H2,23,32)(H,25,26,27). The average molecular weight is 436 g/mol. The zero-order valence-electron chi connectivity index (χ0n) is 19.0. The molecule has 32 heavy (non-hydrogen) atoms. The highest BCUT2D eigenvalue weighted by Crippen LogP contribution is 2.30. The number of hydrogen-bond acceptors (Lipinski definition) is 6. The van der Waals surface area contributed by atoms with Gasteiger partial charge in [-0.05, 0) is 65.5 Å². The highest BCUT2D eigenvalue weighted by Gasteiger charge is 2.18. The molecule has 10 heteroatoms. The van der Waals surface area contributed by atoms with Gasteiger partial charge in [-0.2, -0.15) is 10.2 Å². The fraction of sp³-hybridized carbons (Fsp3) is 0.409. The van der Waals surface area contributed by atoms with E-state index >= 15 is 0 Å². The van der Waals surface area contributed by atoms with E-state index in [2.05, 4.69) is 44.4 Å². The van der Waals surface area contributed by atoms with Crippen molar-refractivity contribution in [2.24, 2.45) is 5.73 Å². The largest absolute Gasteiger partial charge is 0.366 e. The smallest absolute Gasteiger partial charge is 0.248 e. The van der Waals surface area contributed by atoms with E-state index in [1.807, 2.05) is 35.5 Å². The molecule has 0 fully saturated rings. The SMILES string of the molecule is CCn1nc(C)cc1-c1nnc(-c2cc(C(N)=O)cc3c2cnn3CCCCN(C)C)[nH]1. The van der Waals surface area contributed by atoms with Crippen LogP contribution in [0.1, 0.15) is 35.8 Å². The van der Waals surface area contributed by atoms with Gasteiger partial charge in [-0.3, -0.25) is 14.2 Å². The summed E-state index contributed by atoms with van der Waals surface area (Å²) in [7, 11) is 4.13. The highest BCUT2D eigenvalue weighted by molar-refractivity contribution is 6.02. The summed E-state index contributed by atoms with van der Waals surface area (Å²) in [4.78, 5) is 17.5. The van der Waals surface area contributed by atoms with Crippen molar-refractivity contribution >= 4 is 16.8 Å². The normalized spacial score (nSPS) is 11.7. The van der Waals surface area contributed by atoms with Crippen LogP contribution in [0.2, 0.25) is 0 Å². The van der Waals surface area contributed by atoms with E-state index < -0.39 is 5.91 Å². The van der Waals surface area contributed by atoms with Crippen LogP contribution in [0.5, 0.6) is 0 Å². The van der Waals surface area contributed by atoms with Crippen LogP contribution >= 0.6 is 0 Å². The van der Waals surface area contributed by atoms with E-state index in [1.54, 1.807) is 12.1 Å². The van der Waals surface area contributed by atoms with E-state index in [-0.39, 0.29) is 0 Å². The first-order valence-corrected chi connectivity index (χ1v) is 10.8. The molecule has 0 aliphatic heterocycles. The minimum absolute atomic E-state index is 0.412. The number of amides is 1. The third-order valence-corrected chi connectivity index (χ3v) is 5.46. The van der Waals surface area contributed by atoms with Crippen molar-refractivity contribution in [1.29, 1.82) is 0 Å². The second-order valence-corrected chi connectivity index (χ2v) is 8.21. The number of unbranched alkanes of at least 4 members (excludes halogenated alkanes) is 1. The predicted molar refractivity (Wildman–Crippen MR) is 123 cm³/mol. The Morgan fingerprint density at radius 3 is 2.62 bits per heavy atom. The van der Waals surface area contributed by atoms with Gasteiger partial charge >= 0.3 is 0 Å². The Bertz CT molecular complexity index is 1250. The molecule has 0 aliphatic rings. The van der Waals surface area contributed by atoms with Crippen LogP contribution in [-0.2, 0) is 13.1 Å². The molecule has 1 amide bonds. The molecule has 4 aromatic rings. The zero-order chi connectivity index (χ0) is 22.8. The lowest BCUT2D eigenvalue weighted by atomic mass is 10.0. The zero-order valence-corrected chi connectivity index (χ0v) is 19.0. The molecule has 0 bridgehead atoms. The van der Waals surface area contributed by atoms with Gasteiger partial charge in [-0.15, -0.1) is 10.2 Å². The quantitative estimate of drug-likeness (QED) is 0.389. The number of aryl methyl sites for hydroxylation is 3. The lowest BCUT2D eigenvalue weighted by Crippen LogP contribution is -2.14. The molecule has 3 N–H and O–H groups in total. The average Bonchev–Trinajstić information content (AvgIpc) is 3.48. The summed E-state index contributed by atoms with van der Waals surface area (Å²) < 4.78 is 3.80. The molecule has 3 aromatic heterocycles. The van der Waals surface area contributed by atoms with Crippen molar-refractivity contribution in [3.05, 3.63) is 35.7 Å². The van der Waals surface area contributed by atoms with Gasteiger partial charge in [0.05, 0.1) is 17.4 Å². The Kier molecular flexibility index (Phi) is 6.04. The minimum Gasteiger partial charge on any atom is -0.366 e. The second-order valence-electron chi connectivity index (χ2n) is 8.21. The number of carbonyl (C=O) groups is 1. The van der Waals surface area contributed by atoms with Crippen molar-refractivity contribution in [2.75, 3.05) is 20.6 Å². The first-order valence-electron chi connectivity index (χ1n) is 10.8. The lowest BCUT2D eigenvalue weighted by Gasteiger charge is -2.10. The maximum Gasteiger partial charge on any atom is 0.248 e. The number of carbonyl (C=O) groups excluding carboxylic acids is 1. The monoisotopic (exact) mass is 435 g/mol. The molecule has 0 unspecified atom stereocenters. The molecule has 0 atom stereocenters. The molecule has 4 rings (SSSR count). The van der Waals surface area contributed by atoms with E-state index in [0.29, 0.717) is 17.2 Å². The number of H-pyrrole nitrogens is 1. The van der Waals surface area contributed by atoms with Crippen LogP contribution in [0.25, 0.3) is 33.8 Å². The molecule has 0 saturated heterocycles. The van der Waals surface area contributed by atoms with Crippen molar-refractivity contribution < 1.29 is 4.79 Å². The first kappa shape index (κ1) is 21.7. The van der Waals surface area contributed by atoms with E-state index in [1.165, 1.54) is 0 Å². The van der Waals surface area contributed by atoms with Gasteiger partial charge in [0.25, 0.3) is 0 Å². The van der Waals surface area contributed by atoms with Crippen LogP contribution < -0.4 is 5.73 Å². The molecule has 10 nitrogen and oxygen atoms in total. The van der Waals surface area contributed by atoms with E-state index in [0.717, 1.165) is 60.3 Å². The third kappa shape index (κ3) is 4.26. The Balaban J connectivity index is 1.72. The first-order chi connectivity index (χ1) is 15.4. The van der Waals surface area contributed by atoms with E-state index in [9.17, 15) is 4.79 Å². The molecule has 0 saturated carbocycles. The molecule has 0 aliphatic carbocycles. The van der Waals surface area contributed by atoms with Crippen molar-refractivity contribution in [3.63, 3.8) is 0 Å². The fourth-order valence-corrected chi connectivity index (χ4v) is 3.86. The topological polar surface area (TPSA) is 124 Å². The molecule has 0 radical (unpaired) electrons. The summed E-state index contributed by atoms with van der Waals surface area (Å²) in [6, 6.07) is 5.51. The number of benzene rings is 1. The minimum atomic E-state index is -0.493. The Morgan fingerprint density at radius 2 is 1.91 bits per heavy atom. The Labute approximate surface area is 186 Å². The molecule has 1 aromatic carbocycles. The number of rotatable bonds is 9. The van der Waals surface area contributed by atoms with Crippen LogP contribution in [0.4, 0.5) is 0 Å². The summed E-state index contributed by atoms with van der Waals surface area (Å²) in [5.74, 6) is 0.686. The third-order valence-electron chi connectivity index (χ3n) is 5.46. The van der Waals surface area contributed by atoms with Gasteiger partial charge in [-0.1, -0.05) is 0 Å². The summed E-state index contributed by atoms with van der Waals surface area (Å²) in [5, 5.41) is 18.6. The Hall–Kier alpha value is -3.53. The summed E-state index contributed by atoms with van der Waals surface area (Å²) in [6.45, 7) is 6.47. The van der Waals surface area contributed by atoms with Gasteiger partial charge in [-0.25, -0.2) is 0 Å². The van der Waals surface area contributed by atoms with Crippen molar-refractivity contribution in [1.82, 2.24) is 39.6 Å². The lowest BCUT2D eigenvalue weighted by molar-refractivity contribution is 0.100. The molecule has 168 valence electrons. The van der Waals surface area contributed by atoms with Crippen LogP contribution in [0.15, 0.2) is 24.4 Å². The van der Waals surface area contributed by atoms with Crippen molar-refractivity contribution in [2.45, 2.75) is 39.8 Å². The number of aromatic nitrogens is 7. The molecule has 0 spiro atoms. The van der Waals surface area contributed by atoms with Crippen LogP contribution in [-0.4, -0.2) is 66.2 Å². The summed E-state index contributed by atoms with van der Waals surface area (Å²) in [6.07, 6.45) is 3.86. The van der Waals surface area contributed by atoms with Gasteiger partial charge < -0.3 is 15.6 Å². The van der Waals surface area contributed by atoms with Gasteiger partial charge in [0.15, 0.2) is 11.6 Å². The Morgan fingerprint density at radius 1 is 1.12 bits per heavy atom. The number of hydrogen-bond donors (Lipinski definition) is 2. The second kappa shape index (κ2) is 8.91. The number of primary amides is 1. The number of fused-ring (bicyclic) bond motifs is 1. The number of nitrogens with two attached hydrogens (primary N) is 1. The van der Waals surface area contributed by atoms with Gasteiger partial charge in [0.2, 0.25) is 5.91 Å². The molecular weight excluding hydrogens is 406 g/mol. The summed E-state index contributed by atoms with van der Waals surface area (Å²) in [5.41, 5.74) is 9.42. The highest BCUT2D eigenvalue weighted by atomic mass is 16.1. The van der Waals surface area contributed by atoms with Gasteiger partial charge in [0, 0.05) is 29.6 Å². The van der Waals surface area contributed by atoms with E-state index in [4.69, 9.17) is 5.73 Å². The predicted octanol–water partition coefficient (Wildman–Crippen LogP) is 2.45. The van der Waals surface area contributed by atoms with Crippen molar-refractivity contribution in [3.8, 4) is 22.9 Å². The maximum absolute atomic E-state index is 12.0. The summed E-state index contributed by atoms with van der Waals surface area (Å²) >= 11 is 0. The fourth-order valence-electron chi connectivity index (χ4n) is 3.86. The van der Waals surface area contributed by atoms with Gasteiger partial charge in [0.1, 0.15) is 5.69 Å². The number of aromatic amines is 1. The molecular formula is C22H29N9O. The number of nitrogens with one attached hydrogen (secondary N) is 1. The van der Waals surface area contributed by atoms with Crippen LogP contribution in [0, 0.1) is 6.92 Å². The maximum atomic E-state index is 12.0.